The molecule has 14 heavy (non-hydrogen) atoms. The minimum absolute atomic E-state index is 0.280. The molecule has 1 unspecified atom stereocenters. The maximum absolute atomic E-state index is 11.6. The molecular formula is C10H13NOS2. The zero-order chi connectivity index (χ0) is 9.97. The van der Waals surface area contributed by atoms with E-state index in [-0.39, 0.29) is 11.3 Å². The molecule has 0 spiro atoms. The SMILES string of the molecule is CCCN1C(=O)CSC1c1cccs1. The number of thioether (sulfide) groups is 1. The second-order valence-corrected chi connectivity index (χ2v) is 5.31. The molecule has 1 aliphatic heterocycles. The second kappa shape index (κ2) is 4.36. The molecule has 0 aliphatic carbocycles. The Morgan fingerprint density at radius 3 is 3.14 bits per heavy atom. The first-order valence-electron chi connectivity index (χ1n) is 4.77. The predicted molar refractivity (Wildman–Crippen MR) is 61.5 cm³/mol. The van der Waals surface area contributed by atoms with Crippen LogP contribution in [0.1, 0.15) is 23.6 Å². The summed E-state index contributed by atoms with van der Waals surface area (Å²) in [5.74, 6) is 0.929. The standard InChI is InChI=1S/C10H13NOS2/c1-2-5-11-9(12)7-14-10(11)8-4-3-6-13-8/h3-4,6,10H,2,5,7H2,1H3. The highest BCUT2D eigenvalue weighted by Crippen LogP contribution is 2.40. The lowest BCUT2D eigenvalue weighted by molar-refractivity contribution is -0.128. The molecule has 0 saturated carbocycles. The van der Waals surface area contributed by atoms with Gasteiger partial charge in [-0.05, 0) is 17.9 Å². The number of carbonyl (C=O) groups is 1. The average Bonchev–Trinajstić information content (AvgIpc) is 2.77. The van der Waals surface area contributed by atoms with Crippen molar-refractivity contribution < 1.29 is 4.79 Å². The van der Waals surface area contributed by atoms with E-state index in [1.807, 2.05) is 11.0 Å². The third-order valence-corrected chi connectivity index (χ3v) is 4.53. The summed E-state index contributed by atoms with van der Waals surface area (Å²) in [4.78, 5) is 14.9. The average molecular weight is 227 g/mol. The van der Waals surface area contributed by atoms with Gasteiger partial charge < -0.3 is 4.90 Å². The van der Waals surface area contributed by atoms with Crippen LogP contribution >= 0.6 is 23.1 Å². The third-order valence-electron chi connectivity index (χ3n) is 2.22. The van der Waals surface area contributed by atoms with Gasteiger partial charge >= 0.3 is 0 Å². The molecule has 1 saturated heterocycles. The molecule has 4 heteroatoms. The van der Waals surface area contributed by atoms with Crippen LogP contribution in [0.5, 0.6) is 0 Å². The van der Waals surface area contributed by atoms with Crippen LogP contribution in [0.2, 0.25) is 0 Å². The molecule has 0 radical (unpaired) electrons. The molecule has 76 valence electrons. The Morgan fingerprint density at radius 2 is 2.50 bits per heavy atom. The summed E-state index contributed by atoms with van der Waals surface area (Å²) in [5.41, 5.74) is 0. The van der Waals surface area contributed by atoms with Gasteiger partial charge in [0.2, 0.25) is 5.91 Å². The van der Waals surface area contributed by atoms with Crippen LogP contribution in [-0.4, -0.2) is 23.1 Å². The summed E-state index contributed by atoms with van der Waals surface area (Å²) in [5, 5.41) is 2.35. The van der Waals surface area contributed by atoms with E-state index in [1.165, 1.54) is 4.88 Å². The zero-order valence-corrected chi connectivity index (χ0v) is 9.74. The lowest BCUT2D eigenvalue weighted by atomic mass is 10.3. The van der Waals surface area contributed by atoms with Crippen LogP contribution in [0.15, 0.2) is 17.5 Å². The highest BCUT2D eigenvalue weighted by atomic mass is 32.2. The Bertz CT molecular complexity index is 310. The number of hydrogen-bond acceptors (Lipinski definition) is 3. The topological polar surface area (TPSA) is 20.3 Å². The molecule has 1 aromatic rings. The van der Waals surface area contributed by atoms with Crippen molar-refractivity contribution in [3.8, 4) is 0 Å². The van der Waals surface area contributed by atoms with Crippen LogP contribution in [0, 0.1) is 0 Å². The molecule has 2 heterocycles. The monoisotopic (exact) mass is 227 g/mol. The van der Waals surface area contributed by atoms with Crippen molar-refractivity contribution in [2.75, 3.05) is 12.3 Å². The van der Waals surface area contributed by atoms with E-state index in [2.05, 4.69) is 18.4 Å². The van der Waals surface area contributed by atoms with E-state index in [0.29, 0.717) is 5.75 Å². The van der Waals surface area contributed by atoms with Crippen LogP contribution in [-0.2, 0) is 4.79 Å². The molecule has 1 atom stereocenters. The number of nitrogens with zero attached hydrogens (tertiary/aromatic N) is 1. The summed E-state index contributed by atoms with van der Waals surface area (Å²) < 4.78 is 0. The van der Waals surface area contributed by atoms with E-state index >= 15 is 0 Å². The molecule has 2 nitrogen and oxygen atoms in total. The fraction of sp³-hybridized carbons (Fsp3) is 0.500. The van der Waals surface area contributed by atoms with E-state index in [4.69, 9.17) is 0 Å². The van der Waals surface area contributed by atoms with Crippen molar-refractivity contribution in [3.05, 3.63) is 22.4 Å². The Labute approximate surface area is 92.3 Å². The van der Waals surface area contributed by atoms with Gasteiger partial charge in [-0.3, -0.25) is 4.79 Å². The molecule has 1 aliphatic rings. The number of rotatable bonds is 3. The lowest BCUT2D eigenvalue weighted by Gasteiger charge is -2.22. The van der Waals surface area contributed by atoms with Crippen LogP contribution in [0.25, 0.3) is 0 Å². The van der Waals surface area contributed by atoms with E-state index in [9.17, 15) is 4.79 Å². The van der Waals surface area contributed by atoms with Gasteiger partial charge in [0.05, 0.1) is 5.75 Å². The first kappa shape index (κ1) is 10.1. The first-order chi connectivity index (χ1) is 6.83. The van der Waals surface area contributed by atoms with Gasteiger partial charge in [-0.15, -0.1) is 23.1 Å². The number of amides is 1. The van der Waals surface area contributed by atoms with Crippen molar-refractivity contribution in [2.24, 2.45) is 0 Å². The Morgan fingerprint density at radius 1 is 1.64 bits per heavy atom. The Kier molecular flexibility index (Phi) is 3.13. The highest BCUT2D eigenvalue weighted by Gasteiger charge is 2.32. The maximum Gasteiger partial charge on any atom is 0.233 e. The van der Waals surface area contributed by atoms with Crippen molar-refractivity contribution in [1.29, 1.82) is 0 Å². The Balaban J connectivity index is 2.15. The van der Waals surface area contributed by atoms with Crippen molar-refractivity contribution in [1.82, 2.24) is 4.90 Å². The molecule has 1 aromatic heterocycles. The van der Waals surface area contributed by atoms with Gasteiger partial charge in [0, 0.05) is 11.4 Å². The first-order valence-corrected chi connectivity index (χ1v) is 6.70. The van der Waals surface area contributed by atoms with Crippen molar-refractivity contribution in [3.63, 3.8) is 0 Å². The summed E-state index contributed by atoms with van der Waals surface area (Å²) in [6.07, 6.45) is 1.04. The van der Waals surface area contributed by atoms with Gasteiger partial charge in [-0.25, -0.2) is 0 Å². The summed E-state index contributed by atoms with van der Waals surface area (Å²) in [7, 11) is 0. The normalized spacial score (nSPS) is 21.9. The second-order valence-electron chi connectivity index (χ2n) is 3.27. The van der Waals surface area contributed by atoms with Gasteiger partial charge in [0.25, 0.3) is 0 Å². The number of thiophene rings is 1. The zero-order valence-electron chi connectivity index (χ0n) is 8.10. The van der Waals surface area contributed by atoms with Gasteiger partial charge in [0.1, 0.15) is 5.37 Å². The van der Waals surface area contributed by atoms with Crippen LogP contribution in [0.3, 0.4) is 0 Å². The highest BCUT2D eigenvalue weighted by molar-refractivity contribution is 8.00. The van der Waals surface area contributed by atoms with Crippen LogP contribution in [0.4, 0.5) is 0 Å². The smallest absolute Gasteiger partial charge is 0.233 e. The van der Waals surface area contributed by atoms with Gasteiger partial charge in [-0.2, -0.15) is 0 Å². The largest absolute Gasteiger partial charge is 0.325 e. The molecule has 2 rings (SSSR count). The predicted octanol–water partition coefficient (Wildman–Crippen LogP) is 2.73. The fourth-order valence-electron chi connectivity index (χ4n) is 1.60. The maximum atomic E-state index is 11.6. The Hall–Kier alpha value is -0.480. The van der Waals surface area contributed by atoms with Crippen molar-refractivity contribution in [2.45, 2.75) is 18.7 Å². The summed E-state index contributed by atoms with van der Waals surface area (Å²) >= 11 is 3.48. The minimum Gasteiger partial charge on any atom is -0.325 e. The van der Waals surface area contributed by atoms with E-state index in [1.54, 1.807) is 23.1 Å². The number of hydrogen-bond donors (Lipinski definition) is 0. The summed E-state index contributed by atoms with van der Waals surface area (Å²) in [6, 6.07) is 4.16. The molecule has 0 aromatic carbocycles. The number of carbonyl (C=O) groups excluding carboxylic acids is 1. The minimum atomic E-state index is 0.280. The molecular weight excluding hydrogens is 214 g/mol. The third kappa shape index (κ3) is 1.81. The lowest BCUT2D eigenvalue weighted by Crippen LogP contribution is -2.28. The fourth-order valence-corrected chi connectivity index (χ4v) is 3.80. The quantitative estimate of drug-likeness (QED) is 0.791. The van der Waals surface area contributed by atoms with E-state index < -0.39 is 0 Å². The molecule has 0 bridgehead atoms. The molecule has 1 fully saturated rings. The molecule has 0 N–H and O–H groups in total. The van der Waals surface area contributed by atoms with E-state index in [0.717, 1.165) is 13.0 Å². The van der Waals surface area contributed by atoms with Gasteiger partial charge in [0.15, 0.2) is 0 Å². The van der Waals surface area contributed by atoms with Crippen molar-refractivity contribution >= 4 is 29.0 Å². The van der Waals surface area contributed by atoms with Crippen LogP contribution < -0.4 is 0 Å². The van der Waals surface area contributed by atoms with Gasteiger partial charge in [-0.1, -0.05) is 13.0 Å². The summed E-state index contributed by atoms with van der Waals surface area (Å²) in [6.45, 7) is 3.00. The molecule has 1 amide bonds.